The number of para-hydroxylation sites is 2. The number of carbonyl (C=O) groups excluding carboxylic acids is 1. The van der Waals surface area contributed by atoms with E-state index in [1.165, 1.54) is 16.6 Å². The summed E-state index contributed by atoms with van der Waals surface area (Å²) in [6.07, 6.45) is 0. The number of nitrogens with one attached hydrogen (secondary N) is 1. The number of nitrogen functional groups attached to an aromatic ring is 1. The Morgan fingerprint density at radius 2 is 1.47 bits per heavy atom. The quantitative estimate of drug-likeness (QED) is 0.375. The van der Waals surface area contributed by atoms with E-state index in [1.807, 2.05) is 60.7 Å². The van der Waals surface area contributed by atoms with E-state index in [0.29, 0.717) is 11.5 Å². The predicted octanol–water partition coefficient (Wildman–Crippen LogP) is 2.79. The van der Waals surface area contributed by atoms with Gasteiger partial charge in [0, 0.05) is 0 Å². The molecule has 3 aromatic carbocycles. The standard InChI is InChI=1S/C27H26N4O5/c1-35-21-14-8-9-15-22(21)36-18-23(32)30(16-19-10-4-2-5-11-19)24-25(28)31(27(34)29-26(24)33)17-20-12-6-3-7-13-20/h2-15H,16-18,28H2,1H3,(H,29,33,34). The molecule has 9 nitrogen and oxygen atoms in total. The van der Waals surface area contributed by atoms with Crippen LogP contribution in [0.5, 0.6) is 11.5 Å². The van der Waals surface area contributed by atoms with Gasteiger partial charge in [-0.2, -0.15) is 0 Å². The Labute approximate surface area is 207 Å². The number of carbonyl (C=O) groups is 1. The summed E-state index contributed by atoms with van der Waals surface area (Å²) < 4.78 is 12.2. The van der Waals surface area contributed by atoms with Gasteiger partial charge in [0.05, 0.1) is 20.2 Å². The van der Waals surface area contributed by atoms with Crippen molar-refractivity contribution in [3.8, 4) is 11.5 Å². The SMILES string of the molecule is COc1ccccc1OCC(=O)N(Cc1ccccc1)c1c(N)n(Cc2ccccc2)c(=O)[nH]c1=O. The van der Waals surface area contributed by atoms with Crippen LogP contribution in [0.15, 0.2) is 94.5 Å². The molecule has 0 saturated carbocycles. The van der Waals surface area contributed by atoms with Crippen molar-refractivity contribution in [2.75, 3.05) is 24.4 Å². The normalized spacial score (nSPS) is 10.6. The number of anilines is 2. The van der Waals surface area contributed by atoms with Crippen LogP contribution in [0.25, 0.3) is 0 Å². The van der Waals surface area contributed by atoms with Crippen LogP contribution >= 0.6 is 0 Å². The molecule has 36 heavy (non-hydrogen) atoms. The van der Waals surface area contributed by atoms with Gasteiger partial charge in [0.25, 0.3) is 11.5 Å². The topological polar surface area (TPSA) is 120 Å². The van der Waals surface area contributed by atoms with Gasteiger partial charge in [0.15, 0.2) is 23.8 Å². The monoisotopic (exact) mass is 486 g/mol. The number of aromatic amines is 1. The first-order valence-corrected chi connectivity index (χ1v) is 11.2. The molecule has 9 heteroatoms. The number of amides is 1. The number of nitrogens with two attached hydrogens (primary N) is 1. The fraction of sp³-hybridized carbons (Fsp3) is 0.148. The molecule has 0 fully saturated rings. The summed E-state index contributed by atoms with van der Waals surface area (Å²) in [5.74, 6) is 0.207. The van der Waals surface area contributed by atoms with Crippen LogP contribution in [0.2, 0.25) is 0 Å². The molecule has 0 aliphatic carbocycles. The van der Waals surface area contributed by atoms with Crippen molar-refractivity contribution in [3.63, 3.8) is 0 Å². The molecule has 1 amide bonds. The Hall–Kier alpha value is -4.79. The van der Waals surface area contributed by atoms with Crippen LogP contribution in [0.4, 0.5) is 11.5 Å². The van der Waals surface area contributed by atoms with Gasteiger partial charge >= 0.3 is 5.69 Å². The summed E-state index contributed by atoms with van der Waals surface area (Å²) >= 11 is 0. The van der Waals surface area contributed by atoms with E-state index in [0.717, 1.165) is 11.1 Å². The van der Waals surface area contributed by atoms with Gasteiger partial charge in [0.2, 0.25) is 0 Å². The van der Waals surface area contributed by atoms with Gasteiger partial charge in [-0.15, -0.1) is 0 Å². The first kappa shape index (κ1) is 24.3. The molecule has 1 heterocycles. The number of methoxy groups -OCH3 is 1. The Balaban J connectivity index is 1.72. The van der Waals surface area contributed by atoms with Crippen LogP contribution in [0.3, 0.4) is 0 Å². The number of nitrogens with zero attached hydrogens (tertiary/aromatic N) is 2. The molecule has 184 valence electrons. The second-order valence-corrected chi connectivity index (χ2v) is 7.97. The van der Waals surface area contributed by atoms with Crippen LogP contribution in [0, 0.1) is 0 Å². The molecule has 0 bridgehead atoms. The first-order valence-electron chi connectivity index (χ1n) is 11.2. The van der Waals surface area contributed by atoms with E-state index in [-0.39, 0.29) is 31.2 Å². The Kier molecular flexibility index (Phi) is 7.50. The number of hydrogen-bond donors (Lipinski definition) is 2. The molecule has 0 saturated heterocycles. The van der Waals surface area contributed by atoms with Crippen LogP contribution in [-0.4, -0.2) is 29.2 Å². The van der Waals surface area contributed by atoms with Crippen molar-refractivity contribution in [1.29, 1.82) is 0 Å². The molecule has 4 rings (SSSR count). The van der Waals surface area contributed by atoms with Gasteiger partial charge in [0.1, 0.15) is 5.82 Å². The molecule has 3 N–H and O–H groups in total. The van der Waals surface area contributed by atoms with E-state index in [4.69, 9.17) is 15.2 Å². The van der Waals surface area contributed by atoms with E-state index in [2.05, 4.69) is 4.98 Å². The molecule has 0 radical (unpaired) electrons. The van der Waals surface area contributed by atoms with Gasteiger partial charge < -0.3 is 15.2 Å². The molecule has 0 atom stereocenters. The molecular formula is C27H26N4O5. The van der Waals surface area contributed by atoms with Crippen molar-refractivity contribution in [3.05, 3.63) is 117 Å². The number of rotatable bonds is 9. The lowest BCUT2D eigenvalue weighted by atomic mass is 10.2. The van der Waals surface area contributed by atoms with Gasteiger partial charge in [-0.1, -0.05) is 72.8 Å². The zero-order chi connectivity index (χ0) is 25.5. The van der Waals surface area contributed by atoms with Gasteiger partial charge in [-0.25, -0.2) is 4.79 Å². The highest BCUT2D eigenvalue weighted by atomic mass is 16.5. The summed E-state index contributed by atoms with van der Waals surface area (Å²) in [6, 6.07) is 25.3. The molecule has 0 aliphatic heterocycles. The lowest BCUT2D eigenvalue weighted by Gasteiger charge is -2.25. The second-order valence-electron chi connectivity index (χ2n) is 7.97. The summed E-state index contributed by atoms with van der Waals surface area (Å²) in [5, 5.41) is 0. The number of aromatic nitrogens is 2. The molecule has 0 aliphatic rings. The third-order valence-corrected chi connectivity index (χ3v) is 5.57. The van der Waals surface area contributed by atoms with Crippen molar-refractivity contribution >= 4 is 17.4 Å². The Morgan fingerprint density at radius 3 is 2.11 bits per heavy atom. The van der Waals surface area contributed by atoms with Gasteiger partial charge in [-0.05, 0) is 23.3 Å². The predicted molar refractivity (Wildman–Crippen MR) is 137 cm³/mol. The number of benzene rings is 3. The maximum atomic E-state index is 13.4. The maximum Gasteiger partial charge on any atom is 0.330 e. The summed E-state index contributed by atoms with van der Waals surface area (Å²) in [5.41, 5.74) is 6.40. The Bertz CT molecular complexity index is 1450. The second kappa shape index (κ2) is 11.1. The lowest BCUT2D eigenvalue weighted by Crippen LogP contribution is -2.42. The molecule has 0 spiro atoms. The zero-order valence-corrected chi connectivity index (χ0v) is 19.7. The third kappa shape index (κ3) is 5.47. The molecular weight excluding hydrogens is 460 g/mol. The van der Waals surface area contributed by atoms with E-state index in [1.54, 1.807) is 24.3 Å². The van der Waals surface area contributed by atoms with Gasteiger partial charge in [-0.3, -0.25) is 24.0 Å². The number of H-pyrrole nitrogens is 1. The van der Waals surface area contributed by atoms with Crippen LogP contribution in [0.1, 0.15) is 11.1 Å². The van der Waals surface area contributed by atoms with Crippen molar-refractivity contribution in [2.24, 2.45) is 0 Å². The average molecular weight is 487 g/mol. The minimum atomic E-state index is -0.761. The third-order valence-electron chi connectivity index (χ3n) is 5.57. The van der Waals surface area contributed by atoms with E-state index >= 15 is 0 Å². The lowest BCUT2D eigenvalue weighted by molar-refractivity contribution is -0.120. The van der Waals surface area contributed by atoms with Crippen molar-refractivity contribution in [1.82, 2.24) is 9.55 Å². The summed E-state index contributed by atoms with van der Waals surface area (Å²) in [7, 11) is 1.50. The Morgan fingerprint density at radius 1 is 0.889 bits per heavy atom. The largest absolute Gasteiger partial charge is 0.493 e. The minimum absolute atomic E-state index is 0.0474. The molecule has 4 aromatic rings. The van der Waals surface area contributed by atoms with Crippen LogP contribution in [-0.2, 0) is 17.9 Å². The average Bonchev–Trinajstić information content (AvgIpc) is 2.90. The van der Waals surface area contributed by atoms with Crippen molar-refractivity contribution < 1.29 is 14.3 Å². The van der Waals surface area contributed by atoms with E-state index in [9.17, 15) is 14.4 Å². The van der Waals surface area contributed by atoms with E-state index < -0.39 is 17.2 Å². The number of ether oxygens (including phenoxy) is 2. The molecule has 0 unspecified atom stereocenters. The van der Waals surface area contributed by atoms with Crippen LogP contribution < -0.4 is 31.4 Å². The fourth-order valence-corrected chi connectivity index (χ4v) is 3.77. The summed E-state index contributed by atoms with van der Waals surface area (Å²) in [4.78, 5) is 42.6. The highest BCUT2D eigenvalue weighted by Gasteiger charge is 2.25. The van der Waals surface area contributed by atoms with Crippen molar-refractivity contribution in [2.45, 2.75) is 13.1 Å². The highest BCUT2D eigenvalue weighted by Crippen LogP contribution is 2.26. The fourth-order valence-electron chi connectivity index (χ4n) is 3.77. The first-order chi connectivity index (χ1) is 17.5. The zero-order valence-electron chi connectivity index (χ0n) is 19.7. The molecule has 1 aromatic heterocycles. The maximum absolute atomic E-state index is 13.4. The summed E-state index contributed by atoms with van der Waals surface area (Å²) in [6.45, 7) is -0.212. The number of hydrogen-bond acceptors (Lipinski definition) is 6. The minimum Gasteiger partial charge on any atom is -0.493 e. The smallest absolute Gasteiger partial charge is 0.330 e. The highest BCUT2D eigenvalue weighted by molar-refractivity contribution is 5.96.